The summed E-state index contributed by atoms with van der Waals surface area (Å²) < 4.78 is 6.12. The molecule has 0 radical (unpaired) electrons. The monoisotopic (exact) mass is 278 g/mol. The predicted molar refractivity (Wildman–Crippen MR) is 81.4 cm³/mol. The molecule has 4 unspecified atom stereocenters. The minimum atomic E-state index is -0.290. The zero-order chi connectivity index (χ0) is 14.4. The molecule has 0 heterocycles. The van der Waals surface area contributed by atoms with Gasteiger partial charge in [-0.3, -0.25) is 0 Å². The second kappa shape index (κ2) is 7.43. The lowest BCUT2D eigenvalue weighted by Gasteiger charge is -2.31. The van der Waals surface area contributed by atoms with Crippen LogP contribution in [0.2, 0.25) is 0 Å². The van der Waals surface area contributed by atoms with Crippen molar-refractivity contribution in [3.05, 3.63) is 0 Å². The largest absolute Gasteiger partial charge is 0.378 e. The molecule has 0 aromatic rings. The Labute approximate surface area is 124 Å². The van der Waals surface area contributed by atoms with Crippen molar-refractivity contribution < 1.29 is 4.74 Å². The highest BCUT2D eigenvalue weighted by Crippen LogP contribution is 2.37. The fourth-order valence-electron chi connectivity index (χ4n) is 4.14. The number of nitrogens with zero attached hydrogens (tertiary/aromatic N) is 1. The van der Waals surface area contributed by atoms with Gasteiger partial charge in [0.15, 0.2) is 0 Å². The zero-order valence-electron chi connectivity index (χ0n) is 13.2. The van der Waals surface area contributed by atoms with Crippen molar-refractivity contribution in [1.29, 1.82) is 5.26 Å². The first-order valence-corrected chi connectivity index (χ1v) is 8.46. The van der Waals surface area contributed by atoms with Crippen molar-refractivity contribution in [2.45, 2.75) is 76.4 Å². The van der Waals surface area contributed by atoms with E-state index in [9.17, 15) is 5.26 Å². The maximum atomic E-state index is 9.45. The number of nitrogens with one attached hydrogen (secondary N) is 1. The van der Waals surface area contributed by atoms with Gasteiger partial charge in [-0.1, -0.05) is 32.6 Å². The summed E-state index contributed by atoms with van der Waals surface area (Å²) in [5.41, 5.74) is -0.290. The summed E-state index contributed by atoms with van der Waals surface area (Å²) >= 11 is 0. The fraction of sp³-hybridized carbons (Fsp3) is 0.941. The van der Waals surface area contributed by atoms with Gasteiger partial charge in [0.25, 0.3) is 0 Å². The van der Waals surface area contributed by atoms with Gasteiger partial charge in [-0.15, -0.1) is 0 Å². The van der Waals surface area contributed by atoms with E-state index in [0.717, 1.165) is 25.4 Å². The molecule has 114 valence electrons. The van der Waals surface area contributed by atoms with Crippen molar-refractivity contribution in [3.63, 3.8) is 0 Å². The van der Waals surface area contributed by atoms with Gasteiger partial charge in [0.2, 0.25) is 0 Å². The van der Waals surface area contributed by atoms with Crippen molar-refractivity contribution in [3.8, 4) is 6.07 Å². The summed E-state index contributed by atoms with van der Waals surface area (Å²) in [5.74, 6) is 1.33. The lowest BCUT2D eigenvalue weighted by Crippen LogP contribution is -2.45. The maximum Gasteiger partial charge on any atom is 0.109 e. The molecule has 1 N–H and O–H groups in total. The molecule has 0 saturated heterocycles. The van der Waals surface area contributed by atoms with Crippen LogP contribution in [0.3, 0.4) is 0 Å². The standard InChI is InChI=1S/C17H30N2O/c1-3-14-6-4-8-16(12-14)20-11-9-15-7-5-10-17(15,13-18)19-2/h14-16,19H,3-12H2,1-2H3. The molecule has 2 aliphatic carbocycles. The molecular weight excluding hydrogens is 248 g/mol. The van der Waals surface area contributed by atoms with E-state index in [2.05, 4.69) is 18.3 Å². The van der Waals surface area contributed by atoms with Crippen molar-refractivity contribution in [2.75, 3.05) is 13.7 Å². The molecule has 2 rings (SSSR count). The molecule has 2 aliphatic rings. The normalized spacial score (nSPS) is 37.8. The quantitative estimate of drug-likeness (QED) is 0.806. The molecule has 2 fully saturated rings. The summed E-state index contributed by atoms with van der Waals surface area (Å²) in [6.45, 7) is 3.12. The lowest BCUT2D eigenvalue weighted by atomic mass is 9.85. The third kappa shape index (κ3) is 3.54. The van der Waals surface area contributed by atoms with Crippen LogP contribution in [0.4, 0.5) is 0 Å². The van der Waals surface area contributed by atoms with Gasteiger partial charge >= 0.3 is 0 Å². The molecule has 0 spiro atoms. The van der Waals surface area contributed by atoms with Gasteiger partial charge < -0.3 is 10.1 Å². The highest BCUT2D eigenvalue weighted by molar-refractivity contribution is 5.13. The van der Waals surface area contributed by atoms with Crippen molar-refractivity contribution in [1.82, 2.24) is 5.32 Å². The van der Waals surface area contributed by atoms with E-state index in [1.807, 2.05) is 7.05 Å². The van der Waals surface area contributed by atoms with Gasteiger partial charge in [-0.2, -0.15) is 5.26 Å². The Bertz CT molecular complexity index is 338. The van der Waals surface area contributed by atoms with Gasteiger partial charge in [0.05, 0.1) is 12.2 Å². The first kappa shape index (κ1) is 15.8. The highest BCUT2D eigenvalue weighted by atomic mass is 16.5. The van der Waals surface area contributed by atoms with E-state index in [1.165, 1.54) is 44.9 Å². The highest BCUT2D eigenvalue weighted by Gasteiger charge is 2.41. The van der Waals surface area contributed by atoms with E-state index >= 15 is 0 Å². The smallest absolute Gasteiger partial charge is 0.109 e. The average molecular weight is 278 g/mol. The Morgan fingerprint density at radius 3 is 2.85 bits per heavy atom. The Kier molecular flexibility index (Phi) is 5.86. The zero-order valence-corrected chi connectivity index (χ0v) is 13.2. The van der Waals surface area contributed by atoms with Gasteiger partial charge in [0, 0.05) is 6.61 Å². The molecule has 4 atom stereocenters. The van der Waals surface area contributed by atoms with Gasteiger partial charge in [-0.05, 0) is 51.0 Å². The Hall–Kier alpha value is -0.590. The van der Waals surface area contributed by atoms with Crippen LogP contribution in [0.5, 0.6) is 0 Å². The molecule has 0 amide bonds. The van der Waals surface area contributed by atoms with E-state index < -0.39 is 0 Å². The number of rotatable bonds is 6. The Balaban J connectivity index is 1.74. The van der Waals surface area contributed by atoms with Crippen LogP contribution in [-0.2, 0) is 4.74 Å². The van der Waals surface area contributed by atoms with Crippen LogP contribution in [0.15, 0.2) is 0 Å². The Morgan fingerprint density at radius 2 is 2.15 bits per heavy atom. The first-order chi connectivity index (χ1) is 9.74. The SMILES string of the molecule is CCC1CCCC(OCCC2CCCC2(C#N)NC)C1. The summed E-state index contributed by atoms with van der Waals surface area (Å²) in [6, 6.07) is 2.52. The molecule has 0 aromatic carbocycles. The molecule has 20 heavy (non-hydrogen) atoms. The molecule has 0 aliphatic heterocycles. The van der Waals surface area contributed by atoms with Crippen LogP contribution < -0.4 is 5.32 Å². The third-order valence-corrected chi connectivity index (χ3v) is 5.60. The summed E-state index contributed by atoms with van der Waals surface area (Å²) in [5, 5.41) is 12.7. The van der Waals surface area contributed by atoms with E-state index in [4.69, 9.17) is 4.74 Å². The topological polar surface area (TPSA) is 45.0 Å². The number of hydrogen-bond donors (Lipinski definition) is 1. The first-order valence-electron chi connectivity index (χ1n) is 8.46. The summed E-state index contributed by atoms with van der Waals surface area (Å²) in [4.78, 5) is 0. The number of hydrogen-bond acceptors (Lipinski definition) is 3. The molecule has 3 nitrogen and oxygen atoms in total. The minimum Gasteiger partial charge on any atom is -0.378 e. The summed E-state index contributed by atoms with van der Waals surface area (Å²) in [7, 11) is 1.93. The van der Waals surface area contributed by atoms with Crippen LogP contribution in [0.1, 0.15) is 64.7 Å². The maximum absolute atomic E-state index is 9.45. The number of nitriles is 1. The van der Waals surface area contributed by atoms with Gasteiger partial charge in [-0.25, -0.2) is 0 Å². The molecule has 3 heteroatoms. The van der Waals surface area contributed by atoms with E-state index in [1.54, 1.807) is 0 Å². The molecule has 0 bridgehead atoms. The van der Waals surface area contributed by atoms with Crippen LogP contribution in [0.25, 0.3) is 0 Å². The fourth-order valence-corrected chi connectivity index (χ4v) is 4.14. The second-order valence-electron chi connectivity index (χ2n) is 6.64. The average Bonchev–Trinajstić information content (AvgIpc) is 2.91. The predicted octanol–water partition coefficient (Wildman–Crippen LogP) is 3.64. The van der Waals surface area contributed by atoms with E-state index in [0.29, 0.717) is 12.0 Å². The minimum absolute atomic E-state index is 0.290. The number of ether oxygens (including phenoxy) is 1. The van der Waals surface area contributed by atoms with Gasteiger partial charge in [0.1, 0.15) is 5.54 Å². The Morgan fingerprint density at radius 1 is 1.30 bits per heavy atom. The van der Waals surface area contributed by atoms with Crippen LogP contribution in [-0.4, -0.2) is 25.3 Å². The van der Waals surface area contributed by atoms with E-state index in [-0.39, 0.29) is 5.54 Å². The third-order valence-electron chi connectivity index (χ3n) is 5.60. The molecule has 0 aromatic heterocycles. The van der Waals surface area contributed by atoms with Crippen LogP contribution >= 0.6 is 0 Å². The van der Waals surface area contributed by atoms with Crippen LogP contribution in [0, 0.1) is 23.2 Å². The lowest BCUT2D eigenvalue weighted by molar-refractivity contribution is 0.00410. The summed E-state index contributed by atoms with van der Waals surface area (Å²) in [6.07, 6.45) is 11.3. The molecule has 2 saturated carbocycles. The molecular formula is C17H30N2O. The second-order valence-corrected chi connectivity index (χ2v) is 6.64. The van der Waals surface area contributed by atoms with Crippen molar-refractivity contribution >= 4 is 0 Å². The van der Waals surface area contributed by atoms with Crippen molar-refractivity contribution in [2.24, 2.45) is 11.8 Å².